The van der Waals surface area contributed by atoms with E-state index in [0.29, 0.717) is 5.69 Å². The Morgan fingerprint density at radius 2 is 1.94 bits per heavy atom. The van der Waals surface area contributed by atoms with Crippen LogP contribution in [0.15, 0.2) is 30.3 Å². The number of aromatic carboxylic acids is 1. The number of anilines is 1. The standard InChI is InChI=1S/C12H11NO2S/c1-7-9(8-5-3-2-4-6-8)10(13)11(16-7)12(14)15/h2-6H,13H2,1H3,(H,14,15). The van der Waals surface area contributed by atoms with Crippen molar-refractivity contribution in [3.8, 4) is 11.1 Å². The van der Waals surface area contributed by atoms with Crippen molar-refractivity contribution in [2.75, 3.05) is 5.73 Å². The van der Waals surface area contributed by atoms with Gasteiger partial charge < -0.3 is 10.8 Å². The summed E-state index contributed by atoms with van der Waals surface area (Å²) in [4.78, 5) is 12.1. The number of hydrogen-bond acceptors (Lipinski definition) is 3. The lowest BCUT2D eigenvalue weighted by Gasteiger charge is -2.02. The third-order valence-electron chi connectivity index (χ3n) is 2.38. The number of rotatable bonds is 2. The highest BCUT2D eigenvalue weighted by Crippen LogP contribution is 2.38. The largest absolute Gasteiger partial charge is 0.477 e. The molecule has 0 atom stereocenters. The number of hydrogen-bond donors (Lipinski definition) is 2. The highest BCUT2D eigenvalue weighted by Gasteiger charge is 2.18. The van der Waals surface area contributed by atoms with Gasteiger partial charge in [0.2, 0.25) is 0 Å². The molecule has 0 aliphatic carbocycles. The molecule has 1 heterocycles. The molecule has 0 spiro atoms. The highest BCUT2D eigenvalue weighted by molar-refractivity contribution is 7.15. The number of benzene rings is 1. The molecule has 0 radical (unpaired) electrons. The zero-order chi connectivity index (χ0) is 11.7. The number of carboxylic acids is 1. The molecule has 3 N–H and O–H groups in total. The Morgan fingerprint density at radius 1 is 1.31 bits per heavy atom. The first kappa shape index (κ1) is 10.7. The predicted octanol–water partition coefficient (Wildman–Crippen LogP) is 3.00. The minimum atomic E-state index is -0.965. The Bertz CT molecular complexity index is 531. The fraction of sp³-hybridized carbons (Fsp3) is 0.0833. The second-order valence-electron chi connectivity index (χ2n) is 3.45. The van der Waals surface area contributed by atoms with E-state index < -0.39 is 5.97 Å². The lowest BCUT2D eigenvalue weighted by atomic mass is 10.0. The second-order valence-corrected chi connectivity index (χ2v) is 4.67. The zero-order valence-corrected chi connectivity index (χ0v) is 9.54. The van der Waals surface area contributed by atoms with Crippen LogP contribution in [0.25, 0.3) is 11.1 Å². The molecule has 0 aliphatic rings. The monoisotopic (exact) mass is 233 g/mol. The third kappa shape index (κ3) is 1.67. The zero-order valence-electron chi connectivity index (χ0n) is 8.73. The van der Waals surface area contributed by atoms with Gasteiger partial charge >= 0.3 is 5.97 Å². The number of nitrogens with two attached hydrogens (primary N) is 1. The van der Waals surface area contributed by atoms with E-state index in [1.165, 1.54) is 11.3 Å². The Hall–Kier alpha value is -1.81. The van der Waals surface area contributed by atoms with E-state index >= 15 is 0 Å². The molecule has 16 heavy (non-hydrogen) atoms. The van der Waals surface area contributed by atoms with Crippen molar-refractivity contribution in [1.82, 2.24) is 0 Å². The molecule has 0 bridgehead atoms. The van der Waals surface area contributed by atoms with Crippen molar-refractivity contribution < 1.29 is 9.90 Å². The SMILES string of the molecule is Cc1sc(C(=O)O)c(N)c1-c1ccccc1. The van der Waals surface area contributed by atoms with Gasteiger partial charge in [0.05, 0.1) is 5.69 Å². The van der Waals surface area contributed by atoms with Crippen molar-refractivity contribution in [2.24, 2.45) is 0 Å². The van der Waals surface area contributed by atoms with E-state index in [4.69, 9.17) is 10.8 Å². The summed E-state index contributed by atoms with van der Waals surface area (Å²) >= 11 is 1.22. The first-order valence-electron chi connectivity index (χ1n) is 4.79. The molecule has 82 valence electrons. The average molecular weight is 233 g/mol. The lowest BCUT2D eigenvalue weighted by molar-refractivity contribution is 0.0703. The number of thiophene rings is 1. The van der Waals surface area contributed by atoms with Crippen LogP contribution < -0.4 is 5.73 Å². The summed E-state index contributed by atoms with van der Waals surface area (Å²) in [5, 5.41) is 8.98. The van der Waals surface area contributed by atoms with Crippen molar-refractivity contribution in [1.29, 1.82) is 0 Å². The first-order valence-corrected chi connectivity index (χ1v) is 5.60. The van der Waals surface area contributed by atoms with Crippen LogP contribution >= 0.6 is 11.3 Å². The molecule has 1 aromatic carbocycles. The number of carboxylic acid groups (broad SMARTS) is 1. The van der Waals surface area contributed by atoms with Gasteiger partial charge in [-0.2, -0.15) is 0 Å². The second kappa shape index (κ2) is 3.98. The van der Waals surface area contributed by atoms with Crippen LogP contribution in [0, 0.1) is 6.92 Å². The summed E-state index contributed by atoms with van der Waals surface area (Å²) in [7, 11) is 0. The van der Waals surface area contributed by atoms with Crippen LogP contribution in [0.5, 0.6) is 0 Å². The van der Waals surface area contributed by atoms with Gasteiger partial charge in [0, 0.05) is 10.4 Å². The Balaban J connectivity index is 2.63. The molecule has 0 aliphatic heterocycles. The normalized spacial score (nSPS) is 10.3. The molecule has 2 aromatic rings. The average Bonchev–Trinajstić information content (AvgIpc) is 2.56. The van der Waals surface area contributed by atoms with E-state index in [9.17, 15) is 4.79 Å². The molecule has 0 saturated heterocycles. The molecule has 0 unspecified atom stereocenters. The summed E-state index contributed by atoms with van der Waals surface area (Å²) in [6, 6.07) is 9.59. The molecule has 2 rings (SSSR count). The van der Waals surface area contributed by atoms with E-state index in [1.54, 1.807) is 0 Å². The first-order chi connectivity index (χ1) is 7.61. The van der Waals surface area contributed by atoms with Gasteiger partial charge in [-0.3, -0.25) is 0 Å². The molecule has 0 amide bonds. The summed E-state index contributed by atoms with van der Waals surface area (Å²) in [5.41, 5.74) is 8.02. The Labute approximate surface area is 97.2 Å². The van der Waals surface area contributed by atoms with Crippen molar-refractivity contribution >= 4 is 23.0 Å². The van der Waals surface area contributed by atoms with Gasteiger partial charge in [-0.1, -0.05) is 30.3 Å². The quantitative estimate of drug-likeness (QED) is 0.838. The third-order valence-corrected chi connectivity index (χ3v) is 3.49. The summed E-state index contributed by atoms with van der Waals surface area (Å²) in [5.74, 6) is -0.965. The van der Waals surface area contributed by atoms with E-state index in [-0.39, 0.29) is 4.88 Å². The number of aryl methyl sites for hydroxylation is 1. The van der Waals surface area contributed by atoms with Crippen LogP contribution in [0.4, 0.5) is 5.69 Å². The van der Waals surface area contributed by atoms with Crippen molar-refractivity contribution in [2.45, 2.75) is 6.92 Å². The predicted molar refractivity (Wildman–Crippen MR) is 65.9 cm³/mol. The summed E-state index contributed by atoms with van der Waals surface area (Å²) in [6.45, 7) is 1.88. The minimum Gasteiger partial charge on any atom is -0.477 e. The Kier molecular flexibility index (Phi) is 2.66. The van der Waals surface area contributed by atoms with Gasteiger partial charge in [-0.05, 0) is 12.5 Å². The van der Waals surface area contributed by atoms with Crippen LogP contribution in [0.3, 0.4) is 0 Å². The maximum atomic E-state index is 10.9. The maximum Gasteiger partial charge on any atom is 0.348 e. The van der Waals surface area contributed by atoms with Gasteiger partial charge in [0.15, 0.2) is 0 Å². The van der Waals surface area contributed by atoms with Crippen LogP contribution in [0.2, 0.25) is 0 Å². The molecule has 4 heteroatoms. The number of carbonyl (C=O) groups is 1. The fourth-order valence-electron chi connectivity index (χ4n) is 1.68. The van der Waals surface area contributed by atoms with E-state index in [0.717, 1.165) is 16.0 Å². The molecule has 0 saturated carbocycles. The Morgan fingerprint density at radius 3 is 2.44 bits per heavy atom. The van der Waals surface area contributed by atoms with E-state index in [2.05, 4.69) is 0 Å². The summed E-state index contributed by atoms with van der Waals surface area (Å²) < 4.78 is 0. The smallest absolute Gasteiger partial charge is 0.348 e. The lowest BCUT2D eigenvalue weighted by Crippen LogP contribution is -1.98. The molecular formula is C12H11NO2S. The minimum absolute atomic E-state index is 0.219. The molecular weight excluding hydrogens is 222 g/mol. The maximum absolute atomic E-state index is 10.9. The van der Waals surface area contributed by atoms with Crippen LogP contribution in [-0.4, -0.2) is 11.1 Å². The number of nitrogen functional groups attached to an aromatic ring is 1. The van der Waals surface area contributed by atoms with Gasteiger partial charge in [-0.25, -0.2) is 4.79 Å². The van der Waals surface area contributed by atoms with Crippen molar-refractivity contribution in [3.05, 3.63) is 40.1 Å². The van der Waals surface area contributed by atoms with Gasteiger partial charge in [-0.15, -0.1) is 11.3 Å². The van der Waals surface area contributed by atoms with E-state index in [1.807, 2.05) is 37.3 Å². The highest BCUT2D eigenvalue weighted by atomic mass is 32.1. The molecule has 3 nitrogen and oxygen atoms in total. The molecule has 0 fully saturated rings. The fourth-order valence-corrected chi connectivity index (χ4v) is 2.62. The van der Waals surface area contributed by atoms with Crippen molar-refractivity contribution in [3.63, 3.8) is 0 Å². The van der Waals surface area contributed by atoms with Crippen LogP contribution in [-0.2, 0) is 0 Å². The summed E-state index contributed by atoms with van der Waals surface area (Å²) in [6.07, 6.45) is 0. The van der Waals surface area contributed by atoms with Crippen LogP contribution in [0.1, 0.15) is 14.5 Å². The molecule has 1 aromatic heterocycles. The van der Waals surface area contributed by atoms with Gasteiger partial charge in [0.1, 0.15) is 4.88 Å². The van der Waals surface area contributed by atoms with Gasteiger partial charge in [0.25, 0.3) is 0 Å². The topological polar surface area (TPSA) is 63.3 Å².